The number of nitrogens with zero attached hydrogens (tertiary/aromatic N) is 3. The molecule has 0 saturated carbocycles. The maximum absolute atomic E-state index is 12.3. The SMILES string of the molecule is CN(C)c1ccc(/C=N\NC(=O)c2c[nH]c3ccccc23)cc1[N+](=O)[O-]. The Morgan fingerprint density at radius 2 is 2.04 bits per heavy atom. The van der Waals surface area contributed by atoms with Crippen LogP contribution >= 0.6 is 0 Å². The molecule has 0 fully saturated rings. The van der Waals surface area contributed by atoms with E-state index in [1.807, 2.05) is 24.3 Å². The molecule has 1 heterocycles. The van der Waals surface area contributed by atoms with Crippen molar-refractivity contribution in [3.05, 3.63) is 69.9 Å². The lowest BCUT2D eigenvalue weighted by atomic mass is 10.1. The summed E-state index contributed by atoms with van der Waals surface area (Å²) in [6.45, 7) is 0. The monoisotopic (exact) mass is 351 g/mol. The molecule has 1 aromatic heterocycles. The number of amides is 1. The van der Waals surface area contributed by atoms with E-state index in [4.69, 9.17) is 0 Å². The lowest BCUT2D eigenvalue weighted by molar-refractivity contribution is -0.384. The Bertz CT molecular complexity index is 1010. The fourth-order valence-corrected chi connectivity index (χ4v) is 2.63. The second-order valence-corrected chi connectivity index (χ2v) is 5.85. The molecular weight excluding hydrogens is 334 g/mol. The highest BCUT2D eigenvalue weighted by Crippen LogP contribution is 2.27. The minimum absolute atomic E-state index is 0.0260. The smallest absolute Gasteiger partial charge is 0.293 e. The molecule has 3 rings (SSSR count). The van der Waals surface area contributed by atoms with E-state index < -0.39 is 4.92 Å². The number of hydrazone groups is 1. The quantitative estimate of drug-likeness (QED) is 0.419. The number of anilines is 1. The number of hydrogen-bond acceptors (Lipinski definition) is 5. The molecule has 0 unspecified atom stereocenters. The Balaban J connectivity index is 1.77. The van der Waals surface area contributed by atoms with Gasteiger partial charge in [-0.2, -0.15) is 5.10 Å². The summed E-state index contributed by atoms with van der Waals surface area (Å²) >= 11 is 0. The summed E-state index contributed by atoms with van der Waals surface area (Å²) in [4.78, 5) is 27.7. The molecule has 0 saturated heterocycles. The van der Waals surface area contributed by atoms with Crippen LogP contribution < -0.4 is 10.3 Å². The molecule has 0 aliphatic heterocycles. The van der Waals surface area contributed by atoms with Crippen molar-refractivity contribution < 1.29 is 9.72 Å². The summed E-state index contributed by atoms with van der Waals surface area (Å²) < 4.78 is 0. The van der Waals surface area contributed by atoms with Gasteiger partial charge in [-0.3, -0.25) is 14.9 Å². The van der Waals surface area contributed by atoms with Gasteiger partial charge in [-0.05, 0) is 12.1 Å². The molecule has 0 bridgehead atoms. The third kappa shape index (κ3) is 3.39. The molecule has 1 amide bonds. The largest absolute Gasteiger partial charge is 0.372 e. The van der Waals surface area contributed by atoms with Crippen LogP contribution in [-0.4, -0.2) is 36.1 Å². The molecule has 132 valence electrons. The number of nitro benzene ring substituents is 1. The van der Waals surface area contributed by atoms with Crippen LogP contribution in [0.15, 0.2) is 53.8 Å². The first kappa shape index (κ1) is 17.2. The van der Waals surface area contributed by atoms with Crippen LogP contribution in [0.25, 0.3) is 10.9 Å². The van der Waals surface area contributed by atoms with Crippen molar-refractivity contribution in [2.45, 2.75) is 0 Å². The summed E-state index contributed by atoms with van der Waals surface area (Å²) in [6, 6.07) is 12.2. The topological polar surface area (TPSA) is 104 Å². The Hall–Kier alpha value is -3.68. The van der Waals surface area contributed by atoms with Crippen LogP contribution in [0.1, 0.15) is 15.9 Å². The summed E-state index contributed by atoms with van der Waals surface area (Å²) in [7, 11) is 3.47. The van der Waals surface area contributed by atoms with Gasteiger partial charge in [0.05, 0.1) is 16.7 Å². The fraction of sp³-hybridized carbons (Fsp3) is 0.111. The highest BCUT2D eigenvalue weighted by Gasteiger charge is 2.15. The molecule has 8 nitrogen and oxygen atoms in total. The maximum Gasteiger partial charge on any atom is 0.293 e. The average molecular weight is 351 g/mol. The zero-order valence-corrected chi connectivity index (χ0v) is 14.3. The van der Waals surface area contributed by atoms with Crippen LogP contribution in [0.5, 0.6) is 0 Å². The summed E-state index contributed by atoms with van der Waals surface area (Å²) in [6.07, 6.45) is 2.99. The van der Waals surface area contributed by atoms with Crippen molar-refractivity contribution in [2.24, 2.45) is 5.10 Å². The van der Waals surface area contributed by atoms with Crippen LogP contribution in [0, 0.1) is 10.1 Å². The number of aromatic nitrogens is 1. The Kier molecular flexibility index (Phi) is 4.66. The minimum Gasteiger partial charge on any atom is -0.372 e. The summed E-state index contributed by atoms with van der Waals surface area (Å²) in [5.74, 6) is -0.363. The van der Waals surface area contributed by atoms with Gasteiger partial charge in [0, 0.05) is 42.8 Å². The number of hydrogen-bond donors (Lipinski definition) is 2. The van der Waals surface area contributed by atoms with E-state index in [2.05, 4.69) is 15.5 Å². The third-order valence-electron chi connectivity index (χ3n) is 3.89. The van der Waals surface area contributed by atoms with Gasteiger partial charge in [-0.25, -0.2) is 5.43 Å². The molecule has 3 aromatic rings. The molecule has 0 aliphatic rings. The van der Waals surface area contributed by atoms with Gasteiger partial charge in [-0.1, -0.05) is 24.3 Å². The number of carbonyl (C=O) groups excluding carboxylic acids is 1. The lowest BCUT2D eigenvalue weighted by Crippen LogP contribution is -2.17. The number of para-hydroxylation sites is 1. The molecule has 0 atom stereocenters. The zero-order valence-electron chi connectivity index (χ0n) is 14.3. The van der Waals surface area contributed by atoms with Gasteiger partial charge in [0.1, 0.15) is 5.69 Å². The van der Waals surface area contributed by atoms with Crippen molar-refractivity contribution in [3.63, 3.8) is 0 Å². The number of nitro groups is 1. The number of benzene rings is 2. The van der Waals surface area contributed by atoms with E-state index in [0.717, 1.165) is 10.9 Å². The molecule has 0 radical (unpaired) electrons. The van der Waals surface area contributed by atoms with Crippen molar-refractivity contribution in [3.8, 4) is 0 Å². The van der Waals surface area contributed by atoms with Crippen LogP contribution in [0.4, 0.5) is 11.4 Å². The number of aromatic amines is 1. The normalized spacial score (nSPS) is 11.0. The van der Waals surface area contributed by atoms with Crippen LogP contribution in [0.3, 0.4) is 0 Å². The molecule has 2 aromatic carbocycles. The Labute approximate surface area is 149 Å². The third-order valence-corrected chi connectivity index (χ3v) is 3.89. The first-order valence-electron chi connectivity index (χ1n) is 7.82. The lowest BCUT2D eigenvalue weighted by Gasteiger charge is -2.12. The van der Waals surface area contributed by atoms with Crippen molar-refractivity contribution in [1.82, 2.24) is 10.4 Å². The molecular formula is C18H17N5O3. The maximum atomic E-state index is 12.3. The van der Waals surface area contributed by atoms with Gasteiger partial charge in [0.2, 0.25) is 0 Å². The molecule has 0 aliphatic carbocycles. The van der Waals surface area contributed by atoms with E-state index in [0.29, 0.717) is 16.8 Å². The standard InChI is InChI=1S/C18H17N5O3/c1-22(2)16-8-7-12(9-17(16)23(25)26)10-20-21-18(24)14-11-19-15-6-4-3-5-13(14)15/h3-11,19H,1-2H3,(H,21,24)/b20-10-. The number of carbonyl (C=O) groups is 1. The fourth-order valence-electron chi connectivity index (χ4n) is 2.63. The Morgan fingerprint density at radius 3 is 2.77 bits per heavy atom. The van der Waals surface area contributed by atoms with E-state index in [9.17, 15) is 14.9 Å². The number of H-pyrrole nitrogens is 1. The first-order valence-corrected chi connectivity index (χ1v) is 7.82. The number of nitrogens with one attached hydrogen (secondary N) is 2. The van der Waals surface area contributed by atoms with Crippen LogP contribution in [-0.2, 0) is 0 Å². The van der Waals surface area contributed by atoms with Crippen molar-refractivity contribution in [1.29, 1.82) is 0 Å². The summed E-state index contributed by atoms with van der Waals surface area (Å²) in [5, 5.41) is 15.9. The second-order valence-electron chi connectivity index (χ2n) is 5.85. The van der Waals surface area contributed by atoms with Gasteiger partial charge in [-0.15, -0.1) is 0 Å². The van der Waals surface area contributed by atoms with E-state index in [1.165, 1.54) is 12.3 Å². The van der Waals surface area contributed by atoms with Gasteiger partial charge < -0.3 is 9.88 Å². The van der Waals surface area contributed by atoms with Gasteiger partial charge in [0.15, 0.2) is 0 Å². The average Bonchev–Trinajstić information content (AvgIpc) is 3.05. The predicted octanol–water partition coefficient (Wildman–Crippen LogP) is 2.91. The van der Waals surface area contributed by atoms with E-state index in [1.54, 1.807) is 37.3 Å². The number of fused-ring (bicyclic) bond motifs is 1. The minimum atomic E-state index is -0.447. The molecule has 2 N–H and O–H groups in total. The molecule has 26 heavy (non-hydrogen) atoms. The number of rotatable bonds is 5. The van der Waals surface area contributed by atoms with Crippen molar-refractivity contribution in [2.75, 3.05) is 19.0 Å². The van der Waals surface area contributed by atoms with Crippen LogP contribution in [0.2, 0.25) is 0 Å². The van der Waals surface area contributed by atoms with E-state index >= 15 is 0 Å². The molecule has 8 heteroatoms. The zero-order chi connectivity index (χ0) is 18.7. The van der Waals surface area contributed by atoms with E-state index in [-0.39, 0.29) is 11.6 Å². The summed E-state index contributed by atoms with van der Waals surface area (Å²) in [5.41, 5.74) is 4.76. The highest BCUT2D eigenvalue weighted by molar-refractivity contribution is 6.06. The van der Waals surface area contributed by atoms with Crippen molar-refractivity contribution >= 4 is 34.4 Å². The molecule has 0 spiro atoms. The predicted molar refractivity (Wildman–Crippen MR) is 101 cm³/mol. The second kappa shape index (κ2) is 7.06. The Morgan fingerprint density at radius 1 is 1.27 bits per heavy atom. The van der Waals surface area contributed by atoms with Gasteiger partial charge >= 0.3 is 0 Å². The highest BCUT2D eigenvalue weighted by atomic mass is 16.6. The van der Waals surface area contributed by atoms with Gasteiger partial charge in [0.25, 0.3) is 11.6 Å². The first-order chi connectivity index (χ1) is 12.5.